The number of likely N-dealkylation sites (tertiary alicyclic amines) is 1. The Morgan fingerprint density at radius 3 is 3.00 bits per heavy atom. The van der Waals surface area contributed by atoms with Gasteiger partial charge in [-0.15, -0.1) is 0 Å². The van der Waals surface area contributed by atoms with Crippen molar-refractivity contribution in [3.63, 3.8) is 0 Å². The van der Waals surface area contributed by atoms with Gasteiger partial charge in [0.05, 0.1) is 11.8 Å². The van der Waals surface area contributed by atoms with Gasteiger partial charge in [0, 0.05) is 25.3 Å². The molecule has 2 rings (SSSR count). The zero-order valence-corrected chi connectivity index (χ0v) is 10.8. The van der Waals surface area contributed by atoms with Crippen LogP contribution < -0.4 is 0 Å². The van der Waals surface area contributed by atoms with E-state index in [1.807, 2.05) is 19.0 Å². The van der Waals surface area contributed by atoms with E-state index >= 15 is 0 Å². The van der Waals surface area contributed by atoms with Crippen LogP contribution in [0.5, 0.6) is 5.75 Å². The maximum atomic E-state index is 12.3. The Morgan fingerprint density at radius 1 is 1.56 bits per heavy atom. The average molecular weight is 249 g/mol. The van der Waals surface area contributed by atoms with E-state index in [2.05, 4.69) is 9.88 Å². The number of piperidine rings is 1. The molecule has 1 N–H and O–H groups in total. The van der Waals surface area contributed by atoms with E-state index in [9.17, 15) is 9.90 Å². The molecule has 0 saturated carbocycles. The normalized spacial score (nSPS) is 20.2. The first kappa shape index (κ1) is 12.8. The summed E-state index contributed by atoms with van der Waals surface area (Å²) < 4.78 is 0. The first-order valence-corrected chi connectivity index (χ1v) is 6.18. The van der Waals surface area contributed by atoms with Crippen molar-refractivity contribution in [1.29, 1.82) is 0 Å². The predicted molar refractivity (Wildman–Crippen MR) is 68.5 cm³/mol. The quantitative estimate of drug-likeness (QED) is 0.848. The minimum absolute atomic E-state index is 0.0468. The maximum Gasteiger partial charge on any atom is 0.257 e. The van der Waals surface area contributed by atoms with E-state index in [1.165, 1.54) is 12.4 Å². The molecule has 1 saturated heterocycles. The van der Waals surface area contributed by atoms with Gasteiger partial charge in [0.15, 0.2) is 0 Å². The number of carbonyl (C=O) groups excluding carboxylic acids is 1. The highest BCUT2D eigenvalue weighted by Crippen LogP contribution is 2.20. The van der Waals surface area contributed by atoms with Crippen LogP contribution in [0.25, 0.3) is 0 Å². The van der Waals surface area contributed by atoms with Crippen LogP contribution in [-0.2, 0) is 0 Å². The Kier molecular flexibility index (Phi) is 3.81. The number of nitrogens with zero attached hydrogens (tertiary/aromatic N) is 3. The summed E-state index contributed by atoms with van der Waals surface area (Å²) in [4.78, 5) is 20.0. The topological polar surface area (TPSA) is 56.7 Å². The van der Waals surface area contributed by atoms with Gasteiger partial charge in [-0.2, -0.15) is 0 Å². The van der Waals surface area contributed by atoms with Crippen LogP contribution in [0.3, 0.4) is 0 Å². The molecule has 1 aliphatic heterocycles. The molecule has 1 aliphatic rings. The first-order valence-electron chi connectivity index (χ1n) is 6.18. The lowest BCUT2D eigenvalue weighted by Gasteiger charge is -2.36. The molecule has 0 bridgehead atoms. The van der Waals surface area contributed by atoms with Crippen molar-refractivity contribution in [3.8, 4) is 5.75 Å². The van der Waals surface area contributed by atoms with E-state index in [0.29, 0.717) is 18.2 Å². The summed E-state index contributed by atoms with van der Waals surface area (Å²) in [6, 6.07) is 1.96. The third-order valence-corrected chi connectivity index (χ3v) is 3.44. The summed E-state index contributed by atoms with van der Waals surface area (Å²) in [6.07, 6.45) is 4.94. The van der Waals surface area contributed by atoms with Gasteiger partial charge < -0.3 is 14.9 Å². The van der Waals surface area contributed by atoms with Crippen LogP contribution in [0.1, 0.15) is 23.2 Å². The molecule has 2 heterocycles. The fourth-order valence-electron chi connectivity index (χ4n) is 2.30. The Balaban J connectivity index is 2.12. The molecule has 1 aromatic rings. The summed E-state index contributed by atoms with van der Waals surface area (Å²) in [5.41, 5.74) is 0.337. The average Bonchev–Trinajstić information content (AvgIpc) is 2.38. The van der Waals surface area contributed by atoms with Crippen molar-refractivity contribution in [3.05, 3.63) is 24.0 Å². The minimum atomic E-state index is -0.110. The first-order chi connectivity index (χ1) is 8.59. The number of aromatic hydroxyl groups is 1. The van der Waals surface area contributed by atoms with Gasteiger partial charge in [-0.3, -0.25) is 9.78 Å². The monoisotopic (exact) mass is 249 g/mol. The van der Waals surface area contributed by atoms with Crippen LogP contribution in [0.4, 0.5) is 0 Å². The van der Waals surface area contributed by atoms with Crippen LogP contribution in [0.2, 0.25) is 0 Å². The Hall–Kier alpha value is -1.62. The molecular formula is C13H19N3O2. The number of likely N-dealkylation sites (N-methyl/N-ethyl adjacent to an activating group) is 1. The summed E-state index contributed by atoms with van der Waals surface area (Å²) in [5.74, 6) is -0.157. The van der Waals surface area contributed by atoms with Crippen LogP contribution in [0, 0.1) is 0 Å². The van der Waals surface area contributed by atoms with Crippen LogP contribution in [0.15, 0.2) is 18.5 Å². The number of amides is 1. The maximum absolute atomic E-state index is 12.3. The van der Waals surface area contributed by atoms with E-state index in [1.54, 1.807) is 6.07 Å². The number of rotatable bonds is 2. The molecule has 0 aromatic carbocycles. The van der Waals surface area contributed by atoms with Crippen LogP contribution >= 0.6 is 0 Å². The zero-order chi connectivity index (χ0) is 13.1. The molecule has 5 heteroatoms. The SMILES string of the molecule is CN(C)C1CCCN(C(=O)c2ccncc2O)C1. The van der Waals surface area contributed by atoms with Gasteiger partial charge in [-0.25, -0.2) is 0 Å². The highest BCUT2D eigenvalue weighted by Gasteiger charge is 2.26. The van der Waals surface area contributed by atoms with Crippen molar-refractivity contribution in [2.45, 2.75) is 18.9 Å². The van der Waals surface area contributed by atoms with Gasteiger partial charge in [0.1, 0.15) is 5.75 Å². The van der Waals surface area contributed by atoms with E-state index in [0.717, 1.165) is 19.4 Å². The molecule has 18 heavy (non-hydrogen) atoms. The summed E-state index contributed by atoms with van der Waals surface area (Å²) >= 11 is 0. The second-order valence-corrected chi connectivity index (χ2v) is 4.90. The molecule has 98 valence electrons. The Labute approximate surface area is 107 Å². The summed E-state index contributed by atoms with van der Waals surface area (Å²) in [7, 11) is 4.06. The number of hydrogen-bond donors (Lipinski definition) is 1. The molecule has 1 fully saturated rings. The molecular weight excluding hydrogens is 230 g/mol. The fraction of sp³-hybridized carbons (Fsp3) is 0.538. The summed E-state index contributed by atoms with van der Waals surface area (Å²) in [5, 5.41) is 9.67. The van der Waals surface area contributed by atoms with Gasteiger partial charge in [-0.1, -0.05) is 0 Å². The Bertz CT molecular complexity index is 434. The predicted octanol–water partition coefficient (Wildman–Crippen LogP) is 0.953. The fourth-order valence-corrected chi connectivity index (χ4v) is 2.30. The molecule has 0 spiro atoms. The third-order valence-electron chi connectivity index (χ3n) is 3.44. The standard InChI is InChI=1S/C13H19N3O2/c1-15(2)10-4-3-7-16(9-10)13(18)11-5-6-14-8-12(11)17/h5-6,8,10,17H,3-4,7,9H2,1-2H3. The smallest absolute Gasteiger partial charge is 0.257 e. The van der Waals surface area contributed by atoms with Gasteiger partial charge >= 0.3 is 0 Å². The van der Waals surface area contributed by atoms with E-state index in [-0.39, 0.29) is 11.7 Å². The number of aromatic nitrogens is 1. The largest absolute Gasteiger partial charge is 0.505 e. The lowest BCUT2D eigenvalue weighted by atomic mass is 10.0. The van der Waals surface area contributed by atoms with Crippen molar-refractivity contribution in [2.75, 3.05) is 27.2 Å². The van der Waals surface area contributed by atoms with Crippen molar-refractivity contribution >= 4 is 5.91 Å². The molecule has 1 unspecified atom stereocenters. The molecule has 1 aromatic heterocycles. The summed E-state index contributed by atoms with van der Waals surface area (Å²) in [6.45, 7) is 1.47. The number of carbonyl (C=O) groups is 1. The number of pyridine rings is 1. The molecule has 1 atom stereocenters. The minimum Gasteiger partial charge on any atom is -0.505 e. The van der Waals surface area contributed by atoms with Gasteiger partial charge in [-0.05, 0) is 33.0 Å². The van der Waals surface area contributed by atoms with Gasteiger partial charge in [0.25, 0.3) is 5.91 Å². The van der Waals surface area contributed by atoms with E-state index < -0.39 is 0 Å². The molecule has 0 radical (unpaired) electrons. The van der Waals surface area contributed by atoms with E-state index in [4.69, 9.17) is 0 Å². The van der Waals surface area contributed by atoms with Crippen molar-refractivity contribution < 1.29 is 9.90 Å². The highest BCUT2D eigenvalue weighted by molar-refractivity contribution is 5.96. The van der Waals surface area contributed by atoms with Crippen LogP contribution in [-0.4, -0.2) is 59.0 Å². The Morgan fingerprint density at radius 2 is 2.33 bits per heavy atom. The lowest BCUT2D eigenvalue weighted by molar-refractivity contribution is 0.0632. The zero-order valence-electron chi connectivity index (χ0n) is 10.8. The van der Waals surface area contributed by atoms with Crippen molar-refractivity contribution in [2.24, 2.45) is 0 Å². The third kappa shape index (κ3) is 2.61. The van der Waals surface area contributed by atoms with Gasteiger partial charge in [0.2, 0.25) is 0 Å². The van der Waals surface area contributed by atoms with Crippen molar-refractivity contribution in [1.82, 2.24) is 14.8 Å². The molecule has 5 nitrogen and oxygen atoms in total. The number of hydrogen-bond acceptors (Lipinski definition) is 4. The highest BCUT2D eigenvalue weighted by atomic mass is 16.3. The molecule has 1 amide bonds. The molecule has 0 aliphatic carbocycles. The second kappa shape index (κ2) is 5.35. The lowest BCUT2D eigenvalue weighted by Crippen LogP contribution is -2.47. The second-order valence-electron chi connectivity index (χ2n) is 4.90.